The summed E-state index contributed by atoms with van der Waals surface area (Å²) in [6.07, 6.45) is 4.98. The van der Waals surface area contributed by atoms with Gasteiger partial charge in [-0.2, -0.15) is 0 Å². The molecule has 7 N–H and O–H groups in total. The van der Waals surface area contributed by atoms with Gasteiger partial charge in [0.15, 0.2) is 0 Å². The molecule has 1 amide bonds. The third-order valence-corrected chi connectivity index (χ3v) is 8.68. The van der Waals surface area contributed by atoms with E-state index in [-0.39, 0.29) is 36.7 Å². The number of amides is 1. The standard InChI is InChI=1S/C33H55NO9/c1-9-10-11-25(17-35)31(43-33(34)41)23(7)29(38)21(5)15-18(2)14-20(4)28(37)19(3)12-13-26(36)16-27-22(6)30(39)24(8)32(40)42-27/h9-14,19-31,35-39H,1,15-17H2,2-8H3,(H2,34,41)/b11-10-,13-12-,18-14-/t19-,20-,21-,22-,23-,24+,25+,26+,27-,28-,29+,30-,31+/m0/s1. The fraction of sp³-hybridized carbons (Fsp3) is 0.697. The second-order valence-electron chi connectivity index (χ2n) is 12.4. The molecular formula is C33H55NO9. The summed E-state index contributed by atoms with van der Waals surface area (Å²) in [6, 6.07) is 0. The fourth-order valence-electron chi connectivity index (χ4n) is 5.82. The molecule has 0 aliphatic carbocycles. The van der Waals surface area contributed by atoms with E-state index in [1.54, 1.807) is 51.2 Å². The van der Waals surface area contributed by atoms with Crippen LogP contribution >= 0.6 is 0 Å². The Hall–Kier alpha value is -2.50. The van der Waals surface area contributed by atoms with Crippen LogP contribution in [0.15, 0.2) is 48.6 Å². The van der Waals surface area contributed by atoms with Crippen LogP contribution < -0.4 is 5.73 Å². The molecule has 43 heavy (non-hydrogen) atoms. The maximum absolute atomic E-state index is 12.0. The van der Waals surface area contributed by atoms with E-state index in [9.17, 15) is 35.1 Å². The highest BCUT2D eigenvalue weighted by Gasteiger charge is 2.41. The van der Waals surface area contributed by atoms with E-state index in [1.165, 1.54) is 0 Å². The van der Waals surface area contributed by atoms with Crippen molar-refractivity contribution in [2.24, 2.45) is 47.2 Å². The van der Waals surface area contributed by atoms with Crippen LogP contribution in [0.5, 0.6) is 0 Å². The summed E-state index contributed by atoms with van der Waals surface area (Å²) in [7, 11) is 0. The molecule has 0 saturated carbocycles. The van der Waals surface area contributed by atoms with Crippen molar-refractivity contribution >= 4 is 12.1 Å². The van der Waals surface area contributed by atoms with E-state index in [0.29, 0.717) is 6.42 Å². The maximum Gasteiger partial charge on any atom is 0.404 e. The molecule has 1 fully saturated rings. The van der Waals surface area contributed by atoms with Crippen molar-refractivity contribution in [3.05, 3.63) is 48.6 Å². The minimum atomic E-state index is -0.989. The lowest BCUT2D eigenvalue weighted by Gasteiger charge is -2.36. The summed E-state index contributed by atoms with van der Waals surface area (Å²) >= 11 is 0. The first kappa shape index (κ1) is 38.5. The lowest BCUT2D eigenvalue weighted by Crippen LogP contribution is -2.47. The van der Waals surface area contributed by atoms with Gasteiger partial charge >= 0.3 is 12.1 Å². The molecule has 1 aliphatic rings. The van der Waals surface area contributed by atoms with Gasteiger partial charge in [-0.15, -0.1) is 0 Å². The molecule has 13 atom stereocenters. The predicted octanol–water partition coefficient (Wildman–Crippen LogP) is 3.27. The Morgan fingerprint density at radius 1 is 1.07 bits per heavy atom. The number of cyclic esters (lactones) is 1. The molecule has 0 bridgehead atoms. The van der Waals surface area contributed by atoms with Crippen LogP contribution in [-0.2, 0) is 14.3 Å². The number of allylic oxidation sites excluding steroid dienone is 3. The molecule has 1 aliphatic heterocycles. The molecule has 0 aromatic heterocycles. The van der Waals surface area contributed by atoms with E-state index in [4.69, 9.17) is 15.2 Å². The molecule has 0 aromatic carbocycles. The number of primary amides is 1. The molecule has 10 nitrogen and oxygen atoms in total. The Balaban J connectivity index is 2.80. The highest BCUT2D eigenvalue weighted by Crippen LogP contribution is 2.30. The number of nitrogens with two attached hydrogens (primary N) is 1. The first-order valence-electron chi connectivity index (χ1n) is 15.2. The van der Waals surface area contributed by atoms with Crippen LogP contribution in [0.1, 0.15) is 61.3 Å². The Morgan fingerprint density at radius 3 is 2.26 bits per heavy atom. The molecule has 246 valence electrons. The number of aliphatic hydroxyl groups is 5. The zero-order chi connectivity index (χ0) is 33.0. The van der Waals surface area contributed by atoms with Crippen LogP contribution in [0.4, 0.5) is 4.79 Å². The molecule has 1 rings (SSSR count). The van der Waals surface area contributed by atoms with E-state index in [0.717, 1.165) is 5.57 Å². The van der Waals surface area contributed by atoms with Crippen molar-refractivity contribution in [1.82, 2.24) is 0 Å². The molecule has 0 radical (unpaired) electrons. The van der Waals surface area contributed by atoms with Gasteiger partial charge in [0.25, 0.3) is 0 Å². The van der Waals surface area contributed by atoms with Crippen LogP contribution in [-0.4, -0.2) is 80.8 Å². The van der Waals surface area contributed by atoms with Crippen molar-refractivity contribution in [3.63, 3.8) is 0 Å². The Kier molecular flexibility index (Phi) is 16.4. The van der Waals surface area contributed by atoms with Crippen molar-refractivity contribution in [2.45, 2.75) is 97.9 Å². The van der Waals surface area contributed by atoms with Gasteiger partial charge in [-0.1, -0.05) is 83.2 Å². The molecule has 10 heteroatoms. The second-order valence-corrected chi connectivity index (χ2v) is 12.4. The predicted molar refractivity (Wildman–Crippen MR) is 165 cm³/mol. The lowest BCUT2D eigenvalue weighted by molar-refractivity contribution is -0.179. The summed E-state index contributed by atoms with van der Waals surface area (Å²) in [5, 5.41) is 52.7. The van der Waals surface area contributed by atoms with Crippen molar-refractivity contribution < 1.29 is 44.6 Å². The van der Waals surface area contributed by atoms with Gasteiger partial charge in [-0.25, -0.2) is 4.79 Å². The minimum Gasteiger partial charge on any atom is -0.462 e. The highest BCUT2D eigenvalue weighted by molar-refractivity contribution is 5.73. The second kappa shape index (κ2) is 18.3. The molecule has 0 aromatic rings. The number of aliphatic hydroxyl groups excluding tert-OH is 5. The number of hydrogen-bond acceptors (Lipinski definition) is 9. The van der Waals surface area contributed by atoms with E-state index < -0.39 is 66.4 Å². The largest absolute Gasteiger partial charge is 0.462 e. The van der Waals surface area contributed by atoms with Gasteiger partial charge in [-0.05, 0) is 26.2 Å². The van der Waals surface area contributed by atoms with E-state index >= 15 is 0 Å². The average molecular weight is 610 g/mol. The van der Waals surface area contributed by atoms with Crippen molar-refractivity contribution in [3.8, 4) is 0 Å². The highest BCUT2D eigenvalue weighted by atomic mass is 16.6. The van der Waals surface area contributed by atoms with Crippen LogP contribution in [0.25, 0.3) is 0 Å². The summed E-state index contributed by atoms with van der Waals surface area (Å²) < 4.78 is 10.7. The first-order valence-corrected chi connectivity index (χ1v) is 15.2. The van der Waals surface area contributed by atoms with E-state index in [1.807, 2.05) is 33.8 Å². The minimum absolute atomic E-state index is 0.151. The first-order chi connectivity index (χ1) is 20.0. The molecule has 1 heterocycles. The van der Waals surface area contributed by atoms with Gasteiger partial charge < -0.3 is 40.7 Å². The third kappa shape index (κ3) is 11.8. The number of hydrogen-bond donors (Lipinski definition) is 6. The summed E-state index contributed by atoms with van der Waals surface area (Å²) in [6.45, 7) is 16.0. The zero-order valence-electron chi connectivity index (χ0n) is 26.7. The van der Waals surface area contributed by atoms with Crippen LogP contribution in [0, 0.1) is 41.4 Å². The Bertz CT molecular complexity index is 979. The Labute approximate surface area is 257 Å². The SMILES string of the molecule is C=C/C=C\[C@H](CO)[C@H](OC(N)=O)[C@@H](C)[C@H](O)[C@@H](C)C/C(C)=C\[C@H](C)[C@@H](O)[C@@H](C)/C=C\[C@@H](O)C[C@@H]1OC(=O)[C@H](C)[C@@H](O)[C@H]1C. The van der Waals surface area contributed by atoms with Crippen LogP contribution in [0.3, 0.4) is 0 Å². The lowest BCUT2D eigenvalue weighted by atomic mass is 9.81. The van der Waals surface area contributed by atoms with Crippen molar-refractivity contribution in [2.75, 3.05) is 6.61 Å². The number of rotatable bonds is 17. The molecule has 1 saturated heterocycles. The van der Waals surface area contributed by atoms with Gasteiger partial charge in [0.2, 0.25) is 0 Å². The monoisotopic (exact) mass is 609 g/mol. The average Bonchev–Trinajstić information content (AvgIpc) is 2.95. The van der Waals surface area contributed by atoms with Gasteiger partial charge in [-0.3, -0.25) is 4.79 Å². The van der Waals surface area contributed by atoms with Crippen molar-refractivity contribution in [1.29, 1.82) is 0 Å². The number of carbonyl (C=O) groups excluding carboxylic acids is 2. The number of ether oxygens (including phenoxy) is 2. The maximum atomic E-state index is 12.0. The summed E-state index contributed by atoms with van der Waals surface area (Å²) in [5.41, 5.74) is 6.23. The molecular weight excluding hydrogens is 554 g/mol. The smallest absolute Gasteiger partial charge is 0.404 e. The topological polar surface area (TPSA) is 180 Å². The fourth-order valence-corrected chi connectivity index (χ4v) is 5.82. The molecule has 0 unspecified atom stereocenters. The van der Waals surface area contributed by atoms with Gasteiger partial charge in [0.1, 0.15) is 12.2 Å². The number of esters is 1. The number of carbonyl (C=O) groups is 2. The Morgan fingerprint density at radius 2 is 1.70 bits per heavy atom. The van der Waals surface area contributed by atoms with Gasteiger partial charge in [0.05, 0.1) is 36.9 Å². The van der Waals surface area contributed by atoms with E-state index in [2.05, 4.69) is 6.58 Å². The molecule has 0 spiro atoms. The quantitative estimate of drug-likeness (QED) is 0.0820. The summed E-state index contributed by atoms with van der Waals surface area (Å²) in [4.78, 5) is 23.5. The van der Waals surface area contributed by atoms with Gasteiger partial charge in [0, 0.05) is 36.0 Å². The zero-order valence-corrected chi connectivity index (χ0v) is 26.7. The summed E-state index contributed by atoms with van der Waals surface area (Å²) in [5.74, 6) is -3.24. The third-order valence-electron chi connectivity index (χ3n) is 8.68. The van der Waals surface area contributed by atoms with Crippen LogP contribution in [0.2, 0.25) is 0 Å². The normalized spacial score (nSPS) is 27.9.